The molecule has 2 rings (SSSR count). The lowest BCUT2D eigenvalue weighted by Gasteiger charge is -2.09. The normalized spacial score (nSPS) is 11.7. The van der Waals surface area contributed by atoms with Crippen LogP contribution in [0.2, 0.25) is 0 Å². The molecule has 0 unspecified atom stereocenters. The number of aromatic nitrogens is 1. The summed E-state index contributed by atoms with van der Waals surface area (Å²) in [5, 5.41) is 12.8. The number of phenols is 1. The van der Waals surface area contributed by atoms with Crippen molar-refractivity contribution in [1.29, 1.82) is 0 Å². The first-order valence-electron chi connectivity index (χ1n) is 4.50. The minimum absolute atomic E-state index is 0.0708. The van der Waals surface area contributed by atoms with E-state index in [4.69, 9.17) is 5.73 Å². The third kappa shape index (κ3) is 2.03. The Kier molecular flexibility index (Phi) is 2.45. The molecule has 17 heavy (non-hydrogen) atoms. The predicted molar refractivity (Wildman–Crippen MR) is 53.0 cm³/mol. The summed E-state index contributed by atoms with van der Waals surface area (Å²) in [6, 6.07) is 2.52. The minimum Gasteiger partial charge on any atom is -0.507 e. The monoisotopic (exact) mass is 244 g/mol. The molecule has 0 bridgehead atoms. The molecule has 0 atom stereocenters. The van der Waals surface area contributed by atoms with E-state index >= 15 is 0 Å². The summed E-state index contributed by atoms with van der Waals surface area (Å²) in [4.78, 5) is 0. The Morgan fingerprint density at radius 1 is 1.24 bits per heavy atom. The van der Waals surface area contributed by atoms with Crippen LogP contribution in [0.1, 0.15) is 5.56 Å². The summed E-state index contributed by atoms with van der Waals surface area (Å²) in [7, 11) is 0. The first-order valence-corrected chi connectivity index (χ1v) is 4.50. The molecule has 7 heteroatoms. The van der Waals surface area contributed by atoms with E-state index in [9.17, 15) is 18.3 Å². The Balaban J connectivity index is 2.58. The van der Waals surface area contributed by atoms with Crippen LogP contribution < -0.4 is 5.73 Å². The van der Waals surface area contributed by atoms with Crippen molar-refractivity contribution in [2.75, 3.05) is 5.73 Å². The molecule has 0 spiro atoms. The molecule has 1 aromatic heterocycles. The number of phenolic OH excluding ortho intramolecular Hbond substituents is 1. The second-order valence-electron chi connectivity index (χ2n) is 3.33. The van der Waals surface area contributed by atoms with Crippen LogP contribution in [-0.4, -0.2) is 10.3 Å². The van der Waals surface area contributed by atoms with Crippen molar-refractivity contribution in [3.63, 3.8) is 0 Å². The molecule has 0 saturated carbocycles. The van der Waals surface area contributed by atoms with Crippen molar-refractivity contribution in [3.05, 3.63) is 30.0 Å². The lowest BCUT2D eigenvalue weighted by Crippen LogP contribution is -2.04. The van der Waals surface area contributed by atoms with Gasteiger partial charge in [-0.05, 0) is 18.2 Å². The van der Waals surface area contributed by atoms with E-state index in [2.05, 4.69) is 9.68 Å². The molecule has 1 aromatic carbocycles. The zero-order chi connectivity index (χ0) is 12.6. The fourth-order valence-electron chi connectivity index (χ4n) is 1.38. The van der Waals surface area contributed by atoms with Crippen LogP contribution >= 0.6 is 0 Å². The highest BCUT2D eigenvalue weighted by molar-refractivity contribution is 5.77. The highest BCUT2D eigenvalue weighted by Gasteiger charge is 2.31. The number of rotatable bonds is 1. The molecule has 0 saturated heterocycles. The van der Waals surface area contributed by atoms with Crippen LogP contribution in [-0.2, 0) is 6.18 Å². The number of nitrogens with two attached hydrogens (primary N) is 1. The highest BCUT2D eigenvalue weighted by Crippen LogP contribution is 2.38. The fraction of sp³-hybridized carbons (Fsp3) is 0.100. The summed E-state index contributed by atoms with van der Waals surface area (Å²) in [5.41, 5.74) is 4.54. The number of hydrogen-bond acceptors (Lipinski definition) is 4. The molecule has 90 valence electrons. The van der Waals surface area contributed by atoms with Crippen molar-refractivity contribution >= 4 is 5.88 Å². The van der Waals surface area contributed by atoms with Gasteiger partial charge in [0.25, 0.3) is 0 Å². The van der Waals surface area contributed by atoms with E-state index in [-0.39, 0.29) is 22.8 Å². The van der Waals surface area contributed by atoms with Gasteiger partial charge in [-0.3, -0.25) is 0 Å². The van der Waals surface area contributed by atoms with E-state index < -0.39 is 11.7 Å². The van der Waals surface area contributed by atoms with Crippen molar-refractivity contribution in [2.45, 2.75) is 6.18 Å². The Hall–Kier alpha value is -2.18. The van der Waals surface area contributed by atoms with Crippen molar-refractivity contribution in [2.24, 2.45) is 0 Å². The van der Waals surface area contributed by atoms with Gasteiger partial charge >= 0.3 is 6.18 Å². The number of anilines is 1. The quantitative estimate of drug-likeness (QED) is 0.808. The van der Waals surface area contributed by atoms with Crippen LogP contribution in [0, 0.1) is 0 Å². The second kappa shape index (κ2) is 3.69. The number of benzene rings is 1. The second-order valence-corrected chi connectivity index (χ2v) is 3.33. The SMILES string of the molecule is Nc1oncc1-c1cc(C(F)(F)F)ccc1O. The maximum absolute atomic E-state index is 12.5. The number of aromatic hydroxyl groups is 1. The molecule has 0 aliphatic rings. The van der Waals surface area contributed by atoms with Crippen LogP contribution in [0.5, 0.6) is 5.75 Å². The van der Waals surface area contributed by atoms with Gasteiger partial charge in [0.05, 0.1) is 17.3 Å². The van der Waals surface area contributed by atoms with Crippen LogP contribution in [0.3, 0.4) is 0 Å². The predicted octanol–water partition coefficient (Wildman–Crippen LogP) is 2.65. The standard InChI is InChI=1S/C10H7F3N2O2/c11-10(12,13)5-1-2-8(16)6(3-5)7-4-15-17-9(7)14/h1-4,16H,14H2. The van der Waals surface area contributed by atoms with E-state index in [0.717, 1.165) is 24.4 Å². The number of alkyl halides is 3. The average molecular weight is 244 g/mol. The molecule has 0 radical (unpaired) electrons. The Morgan fingerprint density at radius 3 is 2.47 bits per heavy atom. The summed E-state index contributed by atoms with van der Waals surface area (Å²) in [6.07, 6.45) is -3.35. The van der Waals surface area contributed by atoms with Crippen LogP contribution in [0.4, 0.5) is 19.1 Å². The molecule has 0 aliphatic heterocycles. The van der Waals surface area contributed by atoms with Gasteiger partial charge < -0.3 is 15.4 Å². The fourth-order valence-corrected chi connectivity index (χ4v) is 1.38. The zero-order valence-electron chi connectivity index (χ0n) is 8.32. The maximum Gasteiger partial charge on any atom is 0.416 e. The molecule has 0 amide bonds. The van der Waals surface area contributed by atoms with Gasteiger partial charge in [0.1, 0.15) is 5.75 Å². The number of nitrogen functional groups attached to an aromatic ring is 1. The largest absolute Gasteiger partial charge is 0.507 e. The molecular weight excluding hydrogens is 237 g/mol. The van der Waals surface area contributed by atoms with Gasteiger partial charge in [-0.2, -0.15) is 13.2 Å². The Morgan fingerprint density at radius 2 is 1.94 bits per heavy atom. The third-order valence-corrected chi connectivity index (χ3v) is 2.21. The molecule has 2 aromatic rings. The lowest BCUT2D eigenvalue weighted by atomic mass is 10.0. The molecule has 1 heterocycles. The lowest BCUT2D eigenvalue weighted by molar-refractivity contribution is -0.137. The maximum atomic E-state index is 12.5. The number of halogens is 3. The van der Waals surface area contributed by atoms with E-state index in [1.807, 2.05) is 0 Å². The molecule has 0 fully saturated rings. The van der Waals surface area contributed by atoms with Crippen LogP contribution in [0.25, 0.3) is 11.1 Å². The molecule has 4 nitrogen and oxygen atoms in total. The molecular formula is C10H7F3N2O2. The van der Waals surface area contributed by atoms with Gasteiger partial charge in [0.15, 0.2) is 0 Å². The van der Waals surface area contributed by atoms with Gasteiger partial charge in [-0.1, -0.05) is 5.16 Å². The molecule has 0 aliphatic carbocycles. The van der Waals surface area contributed by atoms with Gasteiger partial charge in [0, 0.05) is 5.56 Å². The van der Waals surface area contributed by atoms with E-state index in [1.54, 1.807) is 0 Å². The van der Waals surface area contributed by atoms with Gasteiger partial charge in [-0.25, -0.2) is 0 Å². The Bertz CT molecular complexity index is 549. The summed E-state index contributed by atoms with van der Waals surface area (Å²) in [5.74, 6) is -0.479. The van der Waals surface area contributed by atoms with E-state index in [0.29, 0.717) is 0 Å². The molecule has 3 N–H and O–H groups in total. The third-order valence-electron chi connectivity index (χ3n) is 2.21. The smallest absolute Gasteiger partial charge is 0.416 e. The van der Waals surface area contributed by atoms with Crippen molar-refractivity contribution in [3.8, 4) is 16.9 Å². The zero-order valence-corrected chi connectivity index (χ0v) is 8.32. The van der Waals surface area contributed by atoms with Gasteiger partial charge in [-0.15, -0.1) is 0 Å². The Labute approximate surface area is 93.4 Å². The first kappa shape index (κ1) is 11.3. The summed E-state index contributed by atoms with van der Waals surface area (Å²) in [6.45, 7) is 0. The topological polar surface area (TPSA) is 72.3 Å². The number of hydrogen-bond donors (Lipinski definition) is 2. The van der Waals surface area contributed by atoms with E-state index in [1.165, 1.54) is 0 Å². The minimum atomic E-state index is -4.49. The summed E-state index contributed by atoms with van der Waals surface area (Å²) < 4.78 is 42.0. The first-order chi connectivity index (χ1) is 7.89. The van der Waals surface area contributed by atoms with Crippen molar-refractivity contribution < 1.29 is 22.8 Å². The highest BCUT2D eigenvalue weighted by atomic mass is 19.4. The van der Waals surface area contributed by atoms with Gasteiger partial charge in [0.2, 0.25) is 5.88 Å². The average Bonchev–Trinajstić information content (AvgIpc) is 2.63. The number of nitrogens with zero attached hydrogens (tertiary/aromatic N) is 1. The summed E-state index contributed by atoms with van der Waals surface area (Å²) >= 11 is 0. The van der Waals surface area contributed by atoms with Crippen LogP contribution in [0.15, 0.2) is 28.9 Å². The van der Waals surface area contributed by atoms with Crippen molar-refractivity contribution in [1.82, 2.24) is 5.16 Å².